The minimum Gasteiger partial charge on any atom is -0.345 e. The Kier molecular flexibility index (Phi) is 6.08. The van der Waals surface area contributed by atoms with Crippen LogP contribution in [-0.2, 0) is 23.1 Å². The molecule has 1 amide bonds. The Morgan fingerprint density at radius 2 is 2.11 bits per heavy atom. The van der Waals surface area contributed by atoms with Crippen molar-refractivity contribution < 1.29 is 13.2 Å². The second-order valence-corrected chi connectivity index (χ2v) is 8.60. The minimum absolute atomic E-state index is 0.0239. The number of nitrogens with zero attached hydrogens (tertiary/aromatic N) is 2. The summed E-state index contributed by atoms with van der Waals surface area (Å²) in [6.07, 6.45) is 3.77. The average Bonchev–Trinajstić information content (AvgIpc) is 3.28. The number of aromatic nitrogens is 3. The first-order valence-corrected chi connectivity index (χ1v) is 10.8. The van der Waals surface area contributed by atoms with Crippen LogP contribution < -0.4 is 10.0 Å². The first-order valence-electron chi connectivity index (χ1n) is 8.95. The van der Waals surface area contributed by atoms with Gasteiger partial charge in [-0.1, -0.05) is 18.9 Å². The first-order chi connectivity index (χ1) is 12.9. The van der Waals surface area contributed by atoms with Crippen LogP contribution in [0.2, 0.25) is 0 Å². The van der Waals surface area contributed by atoms with E-state index in [1.54, 1.807) is 16.7 Å². The third-order valence-corrected chi connectivity index (χ3v) is 6.47. The van der Waals surface area contributed by atoms with Crippen LogP contribution in [0.15, 0.2) is 29.2 Å². The summed E-state index contributed by atoms with van der Waals surface area (Å²) in [5.41, 5.74) is 0.279. The molecule has 1 aromatic heterocycles. The molecule has 0 unspecified atom stereocenters. The normalized spacial score (nSPS) is 15.1. The van der Waals surface area contributed by atoms with Crippen LogP contribution in [0.25, 0.3) is 0 Å². The van der Waals surface area contributed by atoms with Crippen molar-refractivity contribution in [2.75, 3.05) is 0 Å². The number of carbonyl (C=O) groups is 1. The molecular weight excluding hydrogens is 386 g/mol. The molecule has 3 N–H and O–H groups in total. The van der Waals surface area contributed by atoms with Crippen LogP contribution in [0, 0.1) is 4.77 Å². The van der Waals surface area contributed by atoms with Crippen molar-refractivity contribution in [3.8, 4) is 0 Å². The van der Waals surface area contributed by atoms with E-state index in [1.165, 1.54) is 12.1 Å². The van der Waals surface area contributed by atoms with Gasteiger partial charge in [-0.3, -0.25) is 9.89 Å². The van der Waals surface area contributed by atoms with Crippen molar-refractivity contribution >= 4 is 28.1 Å². The molecule has 146 valence electrons. The number of nitrogens with one attached hydrogen (secondary N) is 3. The summed E-state index contributed by atoms with van der Waals surface area (Å²) in [4.78, 5) is 12.5. The standard InChI is InChI=1S/C17H23N5O3S2/c1-2-22-15(19-20-17(22)26)11-18-16(23)12-6-5-9-14(10-12)27(24,25)21-13-7-3-4-8-13/h5-6,9-10,13,21H,2-4,7-8,11H2,1H3,(H,18,23)(H,20,26). The fourth-order valence-corrected chi connectivity index (χ4v) is 4.84. The minimum atomic E-state index is -3.64. The molecule has 1 aliphatic rings. The number of H-pyrrole nitrogens is 1. The van der Waals surface area contributed by atoms with Crippen LogP contribution in [-0.4, -0.2) is 35.1 Å². The van der Waals surface area contributed by atoms with E-state index < -0.39 is 10.0 Å². The van der Waals surface area contributed by atoms with Gasteiger partial charge in [0, 0.05) is 18.2 Å². The Morgan fingerprint density at radius 1 is 1.37 bits per heavy atom. The number of carbonyl (C=O) groups excluding carboxylic acids is 1. The number of sulfonamides is 1. The molecule has 3 rings (SSSR count). The Bertz CT molecular complexity index is 974. The van der Waals surface area contributed by atoms with E-state index in [-0.39, 0.29) is 29.0 Å². The SMILES string of the molecule is CCn1c(CNC(=O)c2cccc(S(=O)(=O)NC3CCCC3)c2)n[nH]c1=S. The summed E-state index contributed by atoms with van der Waals surface area (Å²) >= 11 is 5.12. The third kappa shape index (κ3) is 4.63. The fourth-order valence-electron chi connectivity index (χ4n) is 3.21. The number of benzene rings is 1. The van der Waals surface area contributed by atoms with Crippen LogP contribution in [0.3, 0.4) is 0 Å². The summed E-state index contributed by atoms with van der Waals surface area (Å²) in [6, 6.07) is 6.02. The van der Waals surface area contributed by atoms with Gasteiger partial charge in [0.25, 0.3) is 5.91 Å². The van der Waals surface area contributed by atoms with E-state index in [1.807, 2.05) is 6.92 Å². The number of hydrogen-bond acceptors (Lipinski definition) is 5. The van der Waals surface area contributed by atoms with Gasteiger partial charge >= 0.3 is 0 Å². The van der Waals surface area contributed by atoms with Gasteiger partial charge in [-0.15, -0.1) is 0 Å². The van der Waals surface area contributed by atoms with E-state index in [0.29, 0.717) is 17.1 Å². The van der Waals surface area contributed by atoms with Crippen LogP contribution in [0.5, 0.6) is 0 Å². The summed E-state index contributed by atoms with van der Waals surface area (Å²) in [5.74, 6) is 0.243. The zero-order valence-corrected chi connectivity index (χ0v) is 16.7. The molecule has 1 saturated carbocycles. The van der Waals surface area contributed by atoms with Gasteiger partial charge in [0.1, 0.15) is 0 Å². The highest BCUT2D eigenvalue weighted by Gasteiger charge is 2.23. The molecule has 1 aliphatic carbocycles. The highest BCUT2D eigenvalue weighted by Crippen LogP contribution is 2.20. The van der Waals surface area contributed by atoms with Gasteiger partial charge < -0.3 is 9.88 Å². The van der Waals surface area contributed by atoms with Crippen molar-refractivity contribution in [1.29, 1.82) is 0 Å². The second kappa shape index (κ2) is 8.32. The molecule has 2 aromatic rings. The molecule has 0 atom stereocenters. The fraction of sp³-hybridized carbons (Fsp3) is 0.471. The number of aromatic amines is 1. The lowest BCUT2D eigenvalue weighted by molar-refractivity contribution is 0.0949. The highest BCUT2D eigenvalue weighted by atomic mass is 32.2. The van der Waals surface area contributed by atoms with Gasteiger partial charge in [-0.25, -0.2) is 13.1 Å². The monoisotopic (exact) mass is 409 g/mol. The van der Waals surface area contributed by atoms with E-state index in [9.17, 15) is 13.2 Å². The van der Waals surface area contributed by atoms with Gasteiger partial charge in [-0.05, 0) is 50.2 Å². The predicted molar refractivity (Wildman–Crippen MR) is 103 cm³/mol. The van der Waals surface area contributed by atoms with E-state index >= 15 is 0 Å². The third-order valence-electron chi connectivity index (χ3n) is 4.64. The lowest BCUT2D eigenvalue weighted by Gasteiger charge is -2.13. The molecule has 0 spiro atoms. The molecule has 1 heterocycles. The lowest BCUT2D eigenvalue weighted by Crippen LogP contribution is -2.33. The second-order valence-electron chi connectivity index (χ2n) is 6.50. The maximum absolute atomic E-state index is 12.6. The first kappa shape index (κ1) is 19.7. The Morgan fingerprint density at radius 3 is 2.81 bits per heavy atom. The van der Waals surface area contributed by atoms with E-state index in [4.69, 9.17) is 12.2 Å². The van der Waals surface area contributed by atoms with Crippen molar-refractivity contribution in [1.82, 2.24) is 24.8 Å². The lowest BCUT2D eigenvalue weighted by atomic mass is 10.2. The van der Waals surface area contributed by atoms with Crippen LogP contribution in [0.1, 0.15) is 48.8 Å². The molecule has 10 heteroatoms. The van der Waals surface area contributed by atoms with Gasteiger partial charge in [0.05, 0.1) is 11.4 Å². The number of rotatable bonds is 7. The molecule has 0 saturated heterocycles. The average molecular weight is 410 g/mol. The summed E-state index contributed by atoms with van der Waals surface area (Å²) in [5, 5.41) is 9.53. The highest BCUT2D eigenvalue weighted by molar-refractivity contribution is 7.89. The van der Waals surface area contributed by atoms with Gasteiger partial charge in [0.15, 0.2) is 10.6 Å². The van der Waals surface area contributed by atoms with Gasteiger partial charge in [-0.2, -0.15) is 5.10 Å². The molecule has 0 bridgehead atoms. The molecule has 0 aliphatic heterocycles. The number of hydrogen-bond donors (Lipinski definition) is 3. The zero-order chi connectivity index (χ0) is 19.4. The predicted octanol–water partition coefficient (Wildman–Crippen LogP) is 2.11. The van der Waals surface area contributed by atoms with Crippen molar-refractivity contribution in [3.05, 3.63) is 40.4 Å². The maximum atomic E-state index is 12.6. The zero-order valence-electron chi connectivity index (χ0n) is 15.1. The topological polar surface area (TPSA) is 109 Å². The van der Waals surface area contributed by atoms with Crippen molar-refractivity contribution in [2.24, 2.45) is 0 Å². The summed E-state index contributed by atoms with van der Waals surface area (Å²) in [6.45, 7) is 2.76. The summed E-state index contributed by atoms with van der Waals surface area (Å²) in [7, 11) is -3.64. The molecule has 27 heavy (non-hydrogen) atoms. The van der Waals surface area contributed by atoms with Crippen molar-refractivity contribution in [3.63, 3.8) is 0 Å². The Labute approximate surface area is 163 Å². The smallest absolute Gasteiger partial charge is 0.251 e. The Hall–Kier alpha value is -2.04. The molecule has 0 radical (unpaired) electrons. The quantitative estimate of drug-likeness (QED) is 0.607. The largest absolute Gasteiger partial charge is 0.345 e. The molecule has 1 aromatic carbocycles. The van der Waals surface area contributed by atoms with Crippen LogP contribution in [0.4, 0.5) is 0 Å². The van der Waals surface area contributed by atoms with Gasteiger partial charge in [0.2, 0.25) is 10.0 Å². The molecule has 8 nitrogen and oxygen atoms in total. The van der Waals surface area contributed by atoms with Crippen molar-refractivity contribution in [2.45, 2.75) is 56.6 Å². The summed E-state index contributed by atoms with van der Waals surface area (Å²) < 4.78 is 30.1. The van der Waals surface area contributed by atoms with Crippen LogP contribution >= 0.6 is 12.2 Å². The molecule has 1 fully saturated rings. The molecular formula is C17H23N5O3S2. The number of amides is 1. The van der Waals surface area contributed by atoms with E-state index in [0.717, 1.165) is 25.7 Å². The Balaban J connectivity index is 1.70. The van der Waals surface area contributed by atoms with E-state index in [2.05, 4.69) is 20.2 Å². The maximum Gasteiger partial charge on any atom is 0.251 e.